The van der Waals surface area contributed by atoms with Crippen LogP contribution in [-0.2, 0) is 0 Å². The fraction of sp³-hybridized carbons (Fsp3) is 0.500. The molecule has 0 aliphatic heterocycles. The Bertz CT molecular complexity index is 354. The summed E-state index contributed by atoms with van der Waals surface area (Å²) in [4.78, 5) is 15.6. The SMILES string of the molecule is CCNCCNc1ccnc(C(=O)NCC)c1. The van der Waals surface area contributed by atoms with Crippen LogP contribution in [0.1, 0.15) is 24.3 Å². The number of hydrogen-bond donors (Lipinski definition) is 3. The van der Waals surface area contributed by atoms with Gasteiger partial charge < -0.3 is 16.0 Å². The van der Waals surface area contributed by atoms with Crippen molar-refractivity contribution in [2.24, 2.45) is 0 Å². The standard InChI is InChI=1S/C12H20N4O/c1-3-13-7-8-15-10-5-6-16-11(9-10)12(17)14-4-2/h5-6,9,13H,3-4,7-8H2,1-2H3,(H,14,17)(H,15,16). The molecule has 1 amide bonds. The lowest BCUT2D eigenvalue weighted by Crippen LogP contribution is -2.24. The molecule has 0 saturated heterocycles. The number of anilines is 1. The summed E-state index contributed by atoms with van der Waals surface area (Å²) in [7, 11) is 0. The van der Waals surface area contributed by atoms with Gasteiger partial charge in [-0.1, -0.05) is 6.92 Å². The molecule has 17 heavy (non-hydrogen) atoms. The van der Waals surface area contributed by atoms with E-state index in [1.807, 2.05) is 13.0 Å². The van der Waals surface area contributed by atoms with Gasteiger partial charge in [-0.05, 0) is 25.6 Å². The summed E-state index contributed by atoms with van der Waals surface area (Å²) < 4.78 is 0. The number of aromatic nitrogens is 1. The highest BCUT2D eigenvalue weighted by Crippen LogP contribution is 2.07. The van der Waals surface area contributed by atoms with E-state index in [4.69, 9.17) is 0 Å². The Morgan fingerprint density at radius 2 is 2.12 bits per heavy atom. The maximum atomic E-state index is 11.6. The third-order valence-electron chi connectivity index (χ3n) is 2.21. The molecular weight excluding hydrogens is 216 g/mol. The van der Waals surface area contributed by atoms with E-state index in [-0.39, 0.29) is 5.91 Å². The third-order valence-corrected chi connectivity index (χ3v) is 2.21. The van der Waals surface area contributed by atoms with Crippen LogP contribution in [0, 0.1) is 0 Å². The number of carbonyl (C=O) groups excluding carboxylic acids is 1. The van der Waals surface area contributed by atoms with E-state index in [1.165, 1.54) is 0 Å². The zero-order valence-electron chi connectivity index (χ0n) is 10.4. The van der Waals surface area contributed by atoms with Gasteiger partial charge in [-0.15, -0.1) is 0 Å². The lowest BCUT2D eigenvalue weighted by Gasteiger charge is -2.08. The number of carbonyl (C=O) groups is 1. The molecule has 0 spiro atoms. The Balaban J connectivity index is 2.50. The van der Waals surface area contributed by atoms with Gasteiger partial charge in [-0.3, -0.25) is 9.78 Å². The van der Waals surface area contributed by atoms with Crippen LogP contribution in [0.15, 0.2) is 18.3 Å². The van der Waals surface area contributed by atoms with E-state index < -0.39 is 0 Å². The Morgan fingerprint density at radius 1 is 1.29 bits per heavy atom. The fourth-order valence-electron chi connectivity index (χ4n) is 1.39. The first-order valence-corrected chi connectivity index (χ1v) is 5.96. The quantitative estimate of drug-likeness (QED) is 0.614. The topological polar surface area (TPSA) is 66.0 Å². The van der Waals surface area contributed by atoms with Crippen LogP contribution in [-0.4, -0.2) is 37.1 Å². The van der Waals surface area contributed by atoms with Crippen LogP contribution in [0.25, 0.3) is 0 Å². The van der Waals surface area contributed by atoms with Crippen molar-refractivity contribution < 1.29 is 4.79 Å². The first-order valence-electron chi connectivity index (χ1n) is 5.96. The Hall–Kier alpha value is -1.62. The molecular formula is C12H20N4O. The van der Waals surface area contributed by atoms with E-state index >= 15 is 0 Å². The van der Waals surface area contributed by atoms with Gasteiger partial charge >= 0.3 is 0 Å². The molecule has 1 heterocycles. The minimum Gasteiger partial charge on any atom is -0.384 e. The van der Waals surface area contributed by atoms with E-state index in [9.17, 15) is 4.79 Å². The number of likely N-dealkylation sites (N-methyl/N-ethyl adjacent to an activating group) is 1. The Morgan fingerprint density at radius 3 is 2.82 bits per heavy atom. The summed E-state index contributed by atoms with van der Waals surface area (Å²) in [5.41, 5.74) is 1.36. The van der Waals surface area contributed by atoms with E-state index in [0.29, 0.717) is 12.2 Å². The van der Waals surface area contributed by atoms with Crippen LogP contribution >= 0.6 is 0 Å². The molecule has 1 aromatic rings. The van der Waals surface area contributed by atoms with Gasteiger partial charge in [0.2, 0.25) is 0 Å². The minimum atomic E-state index is -0.136. The summed E-state index contributed by atoms with van der Waals surface area (Å²) in [6, 6.07) is 3.62. The Kier molecular flexibility index (Phi) is 6.03. The molecule has 0 unspecified atom stereocenters. The summed E-state index contributed by atoms with van der Waals surface area (Å²) >= 11 is 0. The predicted octanol–water partition coefficient (Wildman–Crippen LogP) is 0.853. The first kappa shape index (κ1) is 13.4. The van der Waals surface area contributed by atoms with E-state index in [0.717, 1.165) is 25.3 Å². The second-order valence-corrected chi connectivity index (χ2v) is 3.57. The molecule has 0 aromatic carbocycles. The van der Waals surface area contributed by atoms with Gasteiger partial charge in [0.05, 0.1) is 0 Å². The van der Waals surface area contributed by atoms with Crippen molar-refractivity contribution in [3.05, 3.63) is 24.0 Å². The van der Waals surface area contributed by atoms with Crippen molar-refractivity contribution in [2.45, 2.75) is 13.8 Å². The van der Waals surface area contributed by atoms with Crippen molar-refractivity contribution in [1.29, 1.82) is 0 Å². The molecule has 0 fully saturated rings. The number of rotatable bonds is 7. The highest BCUT2D eigenvalue weighted by molar-refractivity contribution is 5.93. The monoisotopic (exact) mass is 236 g/mol. The first-order chi connectivity index (χ1) is 8.27. The molecule has 0 aliphatic carbocycles. The molecule has 5 nitrogen and oxygen atoms in total. The molecule has 94 valence electrons. The number of pyridine rings is 1. The second kappa shape index (κ2) is 7.62. The lowest BCUT2D eigenvalue weighted by atomic mass is 10.3. The highest BCUT2D eigenvalue weighted by Gasteiger charge is 2.05. The number of hydrogen-bond acceptors (Lipinski definition) is 4. The maximum absolute atomic E-state index is 11.6. The molecule has 1 rings (SSSR count). The third kappa shape index (κ3) is 4.82. The molecule has 0 saturated carbocycles. The second-order valence-electron chi connectivity index (χ2n) is 3.57. The van der Waals surface area contributed by atoms with E-state index in [2.05, 4.69) is 27.9 Å². The summed E-state index contributed by atoms with van der Waals surface area (Å²) in [5.74, 6) is -0.136. The highest BCUT2D eigenvalue weighted by atomic mass is 16.1. The van der Waals surface area contributed by atoms with Crippen molar-refractivity contribution >= 4 is 11.6 Å². The van der Waals surface area contributed by atoms with Crippen LogP contribution < -0.4 is 16.0 Å². The number of amides is 1. The van der Waals surface area contributed by atoms with Crippen LogP contribution in [0.3, 0.4) is 0 Å². The normalized spacial score (nSPS) is 10.0. The zero-order chi connectivity index (χ0) is 12.5. The predicted molar refractivity (Wildman–Crippen MR) is 69.3 cm³/mol. The number of nitrogens with one attached hydrogen (secondary N) is 3. The molecule has 0 atom stereocenters. The molecule has 0 aliphatic rings. The largest absolute Gasteiger partial charge is 0.384 e. The molecule has 5 heteroatoms. The van der Waals surface area contributed by atoms with Gasteiger partial charge in [0.1, 0.15) is 5.69 Å². The average Bonchev–Trinajstić information content (AvgIpc) is 2.35. The van der Waals surface area contributed by atoms with Crippen LogP contribution in [0.2, 0.25) is 0 Å². The fourth-order valence-corrected chi connectivity index (χ4v) is 1.39. The minimum absolute atomic E-state index is 0.136. The van der Waals surface area contributed by atoms with Crippen molar-refractivity contribution in [1.82, 2.24) is 15.6 Å². The summed E-state index contributed by atoms with van der Waals surface area (Å²) in [5, 5.41) is 9.18. The van der Waals surface area contributed by atoms with Crippen molar-refractivity contribution in [2.75, 3.05) is 31.5 Å². The van der Waals surface area contributed by atoms with Crippen LogP contribution in [0.5, 0.6) is 0 Å². The van der Waals surface area contributed by atoms with Gasteiger partial charge in [0.25, 0.3) is 5.91 Å². The molecule has 0 radical (unpaired) electrons. The number of nitrogens with zero attached hydrogens (tertiary/aromatic N) is 1. The summed E-state index contributed by atoms with van der Waals surface area (Å²) in [6.07, 6.45) is 1.64. The smallest absolute Gasteiger partial charge is 0.269 e. The van der Waals surface area contributed by atoms with E-state index in [1.54, 1.807) is 12.3 Å². The summed E-state index contributed by atoms with van der Waals surface area (Å²) in [6.45, 7) is 7.25. The van der Waals surface area contributed by atoms with Crippen LogP contribution in [0.4, 0.5) is 5.69 Å². The molecule has 3 N–H and O–H groups in total. The van der Waals surface area contributed by atoms with Gasteiger partial charge in [0.15, 0.2) is 0 Å². The van der Waals surface area contributed by atoms with Crippen molar-refractivity contribution in [3.8, 4) is 0 Å². The van der Waals surface area contributed by atoms with Gasteiger partial charge in [0, 0.05) is 31.5 Å². The Labute approximate surface area is 102 Å². The van der Waals surface area contributed by atoms with Crippen molar-refractivity contribution in [3.63, 3.8) is 0 Å². The maximum Gasteiger partial charge on any atom is 0.269 e. The average molecular weight is 236 g/mol. The molecule has 1 aromatic heterocycles. The lowest BCUT2D eigenvalue weighted by molar-refractivity contribution is 0.0951. The van der Waals surface area contributed by atoms with Gasteiger partial charge in [-0.25, -0.2) is 0 Å². The molecule has 0 bridgehead atoms. The zero-order valence-corrected chi connectivity index (χ0v) is 10.4. The van der Waals surface area contributed by atoms with Gasteiger partial charge in [-0.2, -0.15) is 0 Å².